The first-order chi connectivity index (χ1) is 12.3. The molecule has 26 heavy (non-hydrogen) atoms. The van der Waals surface area contributed by atoms with Crippen molar-refractivity contribution in [2.75, 3.05) is 32.8 Å². The Kier molecular flexibility index (Phi) is 9.45. The maximum atomic E-state index is 12.7. The van der Waals surface area contributed by atoms with Crippen molar-refractivity contribution in [3.8, 4) is 0 Å². The van der Waals surface area contributed by atoms with Crippen LogP contribution in [0.4, 0.5) is 0 Å². The summed E-state index contributed by atoms with van der Waals surface area (Å²) < 4.78 is 5.65. The fraction of sp³-hybridized carbons (Fsp3) is 0.895. The fourth-order valence-electron chi connectivity index (χ4n) is 4.18. The van der Waals surface area contributed by atoms with E-state index < -0.39 is 0 Å². The van der Waals surface area contributed by atoms with Crippen molar-refractivity contribution in [3.63, 3.8) is 0 Å². The Morgan fingerprint density at radius 2 is 1.96 bits per heavy atom. The maximum Gasteiger partial charge on any atom is 0.225 e. The molecule has 2 N–H and O–H groups in total. The van der Waals surface area contributed by atoms with Crippen LogP contribution in [0.25, 0.3) is 0 Å². The number of nitrogens with one attached hydrogen (secondary N) is 2. The highest BCUT2D eigenvalue weighted by atomic mass is 127. The largest absolute Gasteiger partial charge is 0.376 e. The van der Waals surface area contributed by atoms with E-state index in [4.69, 9.17) is 4.74 Å². The number of nitrogens with zero attached hydrogens (tertiary/aromatic N) is 2. The van der Waals surface area contributed by atoms with Gasteiger partial charge in [0.25, 0.3) is 0 Å². The van der Waals surface area contributed by atoms with Gasteiger partial charge in [0.05, 0.1) is 12.6 Å². The average Bonchev–Trinajstić information content (AvgIpc) is 3.32. The predicted molar refractivity (Wildman–Crippen MR) is 115 cm³/mol. The van der Waals surface area contributed by atoms with Gasteiger partial charge in [-0.05, 0) is 39.0 Å². The summed E-state index contributed by atoms with van der Waals surface area (Å²) in [5.41, 5.74) is 0. The first-order valence-electron chi connectivity index (χ1n) is 10.2. The van der Waals surface area contributed by atoms with Crippen LogP contribution in [-0.4, -0.2) is 61.7 Å². The molecule has 1 amide bonds. The molecule has 3 aliphatic rings. The zero-order valence-corrected chi connectivity index (χ0v) is 18.4. The molecular formula is C19H35IN4O2. The molecule has 2 atom stereocenters. The molecule has 0 bridgehead atoms. The SMILES string of the molecule is CCNC(=NCC1CCCO1)NC1CCN(C(=O)C2CCCCC2)C1.I. The third-order valence-electron chi connectivity index (χ3n) is 5.62. The number of guanidine groups is 1. The topological polar surface area (TPSA) is 66.0 Å². The van der Waals surface area contributed by atoms with Gasteiger partial charge in [-0.3, -0.25) is 9.79 Å². The Hall–Kier alpha value is -0.570. The maximum absolute atomic E-state index is 12.7. The summed E-state index contributed by atoms with van der Waals surface area (Å²) in [6.07, 6.45) is 9.41. The summed E-state index contributed by atoms with van der Waals surface area (Å²) in [6.45, 7) is 6.18. The van der Waals surface area contributed by atoms with Crippen molar-refractivity contribution in [1.29, 1.82) is 0 Å². The zero-order chi connectivity index (χ0) is 17.5. The summed E-state index contributed by atoms with van der Waals surface area (Å²) in [7, 11) is 0. The van der Waals surface area contributed by atoms with E-state index in [1.165, 1.54) is 19.3 Å². The second-order valence-electron chi connectivity index (χ2n) is 7.60. The number of likely N-dealkylation sites (tertiary alicyclic amines) is 1. The minimum Gasteiger partial charge on any atom is -0.376 e. The van der Waals surface area contributed by atoms with Crippen LogP contribution in [0.5, 0.6) is 0 Å². The summed E-state index contributed by atoms with van der Waals surface area (Å²) in [5, 5.41) is 6.84. The van der Waals surface area contributed by atoms with Gasteiger partial charge in [0, 0.05) is 38.2 Å². The number of rotatable bonds is 5. The van der Waals surface area contributed by atoms with Gasteiger partial charge in [0.15, 0.2) is 5.96 Å². The second-order valence-corrected chi connectivity index (χ2v) is 7.60. The third kappa shape index (κ3) is 6.25. The molecule has 0 aromatic carbocycles. The third-order valence-corrected chi connectivity index (χ3v) is 5.62. The Labute approximate surface area is 174 Å². The molecule has 2 aliphatic heterocycles. The highest BCUT2D eigenvalue weighted by Gasteiger charge is 2.31. The van der Waals surface area contributed by atoms with E-state index in [9.17, 15) is 4.79 Å². The molecule has 0 aromatic heterocycles. The zero-order valence-electron chi connectivity index (χ0n) is 16.0. The molecule has 3 rings (SSSR count). The molecule has 2 heterocycles. The Morgan fingerprint density at radius 1 is 1.15 bits per heavy atom. The predicted octanol–water partition coefficient (Wildman–Crippen LogP) is 2.52. The van der Waals surface area contributed by atoms with Crippen LogP contribution in [0.15, 0.2) is 4.99 Å². The second kappa shape index (κ2) is 11.3. The van der Waals surface area contributed by atoms with E-state index in [-0.39, 0.29) is 36.0 Å². The van der Waals surface area contributed by atoms with Crippen molar-refractivity contribution in [3.05, 3.63) is 0 Å². The van der Waals surface area contributed by atoms with Crippen LogP contribution in [0.2, 0.25) is 0 Å². The number of carbonyl (C=O) groups is 1. The lowest BCUT2D eigenvalue weighted by Crippen LogP contribution is -2.46. The molecule has 6 nitrogen and oxygen atoms in total. The number of hydrogen-bond acceptors (Lipinski definition) is 3. The van der Waals surface area contributed by atoms with E-state index in [0.717, 1.165) is 64.3 Å². The number of amides is 1. The Bertz CT molecular complexity index is 462. The molecule has 3 fully saturated rings. The molecule has 0 aromatic rings. The van der Waals surface area contributed by atoms with Gasteiger partial charge in [-0.2, -0.15) is 0 Å². The highest BCUT2D eigenvalue weighted by molar-refractivity contribution is 14.0. The van der Waals surface area contributed by atoms with Gasteiger partial charge in [-0.25, -0.2) is 0 Å². The van der Waals surface area contributed by atoms with Gasteiger partial charge in [-0.15, -0.1) is 24.0 Å². The van der Waals surface area contributed by atoms with Crippen molar-refractivity contribution >= 4 is 35.8 Å². The molecule has 1 aliphatic carbocycles. The molecule has 150 valence electrons. The van der Waals surface area contributed by atoms with E-state index in [1.807, 2.05) is 0 Å². The summed E-state index contributed by atoms with van der Waals surface area (Å²) in [4.78, 5) is 19.4. The first kappa shape index (κ1) is 21.7. The molecular weight excluding hydrogens is 443 g/mol. The standard InChI is InChI=1S/C19H34N4O2.HI/c1-2-20-19(21-13-17-9-6-12-25-17)22-16-10-11-23(14-16)18(24)15-7-4-3-5-8-15;/h15-17H,2-14H2,1H3,(H2,20,21,22);1H. The summed E-state index contributed by atoms with van der Waals surface area (Å²) >= 11 is 0. The Morgan fingerprint density at radius 3 is 2.65 bits per heavy atom. The van der Waals surface area contributed by atoms with Crippen LogP contribution < -0.4 is 10.6 Å². The average molecular weight is 478 g/mol. The van der Waals surface area contributed by atoms with Gasteiger partial charge >= 0.3 is 0 Å². The van der Waals surface area contributed by atoms with Gasteiger partial charge in [0.2, 0.25) is 5.91 Å². The lowest BCUT2D eigenvalue weighted by Gasteiger charge is -2.26. The molecule has 0 radical (unpaired) electrons. The quantitative estimate of drug-likeness (QED) is 0.362. The van der Waals surface area contributed by atoms with Crippen molar-refractivity contribution in [2.24, 2.45) is 10.9 Å². The molecule has 2 unspecified atom stereocenters. The van der Waals surface area contributed by atoms with Crippen molar-refractivity contribution in [2.45, 2.75) is 70.4 Å². The first-order valence-corrected chi connectivity index (χ1v) is 10.2. The number of ether oxygens (including phenoxy) is 1. The van der Waals surface area contributed by atoms with Gasteiger partial charge < -0.3 is 20.3 Å². The van der Waals surface area contributed by atoms with E-state index in [1.54, 1.807) is 0 Å². The van der Waals surface area contributed by atoms with E-state index in [0.29, 0.717) is 18.5 Å². The normalized spacial score (nSPS) is 27.3. The smallest absolute Gasteiger partial charge is 0.225 e. The molecule has 1 saturated carbocycles. The molecule has 0 spiro atoms. The fourth-order valence-corrected chi connectivity index (χ4v) is 4.18. The minimum absolute atomic E-state index is 0. The van der Waals surface area contributed by atoms with Crippen LogP contribution >= 0.6 is 24.0 Å². The van der Waals surface area contributed by atoms with Crippen LogP contribution in [-0.2, 0) is 9.53 Å². The lowest BCUT2D eigenvalue weighted by atomic mass is 9.88. The van der Waals surface area contributed by atoms with Crippen molar-refractivity contribution < 1.29 is 9.53 Å². The number of carbonyl (C=O) groups excluding carboxylic acids is 1. The van der Waals surface area contributed by atoms with Crippen LogP contribution in [0, 0.1) is 5.92 Å². The van der Waals surface area contributed by atoms with E-state index >= 15 is 0 Å². The number of halogens is 1. The lowest BCUT2D eigenvalue weighted by molar-refractivity contribution is -0.135. The van der Waals surface area contributed by atoms with Crippen LogP contribution in [0.1, 0.15) is 58.3 Å². The van der Waals surface area contributed by atoms with E-state index in [2.05, 4.69) is 27.4 Å². The Balaban J connectivity index is 0.00000243. The summed E-state index contributed by atoms with van der Waals surface area (Å²) in [5.74, 6) is 1.51. The van der Waals surface area contributed by atoms with Crippen molar-refractivity contribution in [1.82, 2.24) is 15.5 Å². The molecule has 7 heteroatoms. The highest BCUT2D eigenvalue weighted by Crippen LogP contribution is 2.26. The number of aliphatic imine (C=N–C) groups is 1. The van der Waals surface area contributed by atoms with Crippen LogP contribution in [0.3, 0.4) is 0 Å². The minimum atomic E-state index is 0. The van der Waals surface area contributed by atoms with Gasteiger partial charge in [0.1, 0.15) is 0 Å². The molecule has 2 saturated heterocycles. The van der Waals surface area contributed by atoms with Gasteiger partial charge in [-0.1, -0.05) is 19.3 Å². The summed E-state index contributed by atoms with van der Waals surface area (Å²) in [6, 6.07) is 0.301. The number of hydrogen-bond donors (Lipinski definition) is 2. The monoisotopic (exact) mass is 478 g/mol.